The Labute approximate surface area is 101 Å². The molecule has 2 nitrogen and oxygen atoms in total. The highest BCUT2D eigenvalue weighted by Crippen LogP contribution is 2.20. The van der Waals surface area contributed by atoms with E-state index in [-0.39, 0.29) is 0 Å². The van der Waals surface area contributed by atoms with Gasteiger partial charge >= 0.3 is 0 Å². The van der Waals surface area contributed by atoms with E-state index in [1.807, 2.05) is 7.05 Å². The second-order valence-electron chi connectivity index (χ2n) is 5.00. The van der Waals surface area contributed by atoms with E-state index >= 15 is 0 Å². The molecule has 0 aromatic rings. The Hall–Kier alpha value is -0.0800. The normalized spacial score (nSPS) is 18.6. The van der Waals surface area contributed by atoms with Crippen molar-refractivity contribution in [1.82, 2.24) is 5.32 Å². The Morgan fingerprint density at radius 2 is 1.62 bits per heavy atom. The molecule has 1 aliphatic rings. The maximum absolute atomic E-state index is 5.95. The summed E-state index contributed by atoms with van der Waals surface area (Å²) in [6, 6.07) is 0. The second-order valence-corrected chi connectivity index (χ2v) is 5.00. The van der Waals surface area contributed by atoms with E-state index in [0.717, 1.165) is 13.2 Å². The van der Waals surface area contributed by atoms with E-state index in [4.69, 9.17) is 4.74 Å². The lowest BCUT2D eigenvalue weighted by molar-refractivity contribution is 0.0407. The maximum Gasteiger partial charge on any atom is 0.0575 e. The second kappa shape index (κ2) is 10.1. The molecule has 0 atom stereocenters. The van der Waals surface area contributed by atoms with Crippen molar-refractivity contribution in [3.63, 3.8) is 0 Å². The number of nitrogens with one attached hydrogen (secondary N) is 1. The minimum atomic E-state index is 0.583. The van der Waals surface area contributed by atoms with Crippen molar-refractivity contribution in [2.75, 3.05) is 20.2 Å². The highest BCUT2D eigenvalue weighted by molar-refractivity contribution is 4.63. The molecule has 1 fully saturated rings. The fraction of sp³-hybridized carbons (Fsp3) is 1.00. The molecule has 0 heterocycles. The van der Waals surface area contributed by atoms with E-state index in [1.165, 1.54) is 64.2 Å². The van der Waals surface area contributed by atoms with Gasteiger partial charge in [0.1, 0.15) is 0 Å². The van der Waals surface area contributed by atoms with Gasteiger partial charge in [0.2, 0.25) is 0 Å². The van der Waals surface area contributed by atoms with Crippen LogP contribution in [0.1, 0.15) is 64.2 Å². The Morgan fingerprint density at radius 3 is 2.31 bits per heavy atom. The van der Waals surface area contributed by atoms with Crippen molar-refractivity contribution in [1.29, 1.82) is 0 Å². The van der Waals surface area contributed by atoms with Gasteiger partial charge in [-0.15, -0.1) is 0 Å². The monoisotopic (exact) mass is 227 g/mol. The predicted molar refractivity (Wildman–Crippen MR) is 69.8 cm³/mol. The fourth-order valence-corrected chi connectivity index (χ4v) is 2.42. The highest BCUT2D eigenvalue weighted by Gasteiger charge is 2.11. The molecule has 0 saturated heterocycles. The van der Waals surface area contributed by atoms with Crippen molar-refractivity contribution in [3.05, 3.63) is 0 Å². The zero-order chi connectivity index (χ0) is 11.5. The van der Waals surface area contributed by atoms with Crippen molar-refractivity contribution in [3.8, 4) is 0 Å². The molecule has 0 aromatic carbocycles. The average molecular weight is 227 g/mol. The molecule has 16 heavy (non-hydrogen) atoms. The number of ether oxygens (including phenoxy) is 1. The van der Waals surface area contributed by atoms with Crippen molar-refractivity contribution >= 4 is 0 Å². The van der Waals surface area contributed by atoms with Crippen LogP contribution in [0.5, 0.6) is 0 Å². The summed E-state index contributed by atoms with van der Waals surface area (Å²) in [5.41, 5.74) is 0. The quantitative estimate of drug-likeness (QED) is 0.506. The van der Waals surface area contributed by atoms with Gasteiger partial charge < -0.3 is 10.1 Å². The Kier molecular flexibility index (Phi) is 8.83. The molecule has 1 N–H and O–H groups in total. The number of rotatable bonds is 8. The van der Waals surface area contributed by atoms with Crippen LogP contribution in [0.3, 0.4) is 0 Å². The molecule has 1 rings (SSSR count). The van der Waals surface area contributed by atoms with Crippen LogP contribution in [0.4, 0.5) is 0 Å². The summed E-state index contributed by atoms with van der Waals surface area (Å²) in [6.07, 6.45) is 14.0. The van der Waals surface area contributed by atoms with E-state index in [9.17, 15) is 0 Å². The molecular formula is C14H29NO. The number of hydrogen-bond donors (Lipinski definition) is 1. The zero-order valence-electron chi connectivity index (χ0n) is 11.0. The van der Waals surface area contributed by atoms with Gasteiger partial charge in [-0.05, 0) is 39.3 Å². The average Bonchev–Trinajstić information content (AvgIpc) is 2.56. The van der Waals surface area contributed by atoms with Crippen LogP contribution in [0.15, 0.2) is 0 Å². The summed E-state index contributed by atoms with van der Waals surface area (Å²) in [7, 11) is 2.02. The molecule has 96 valence electrons. The van der Waals surface area contributed by atoms with Gasteiger partial charge in [0.25, 0.3) is 0 Å². The smallest absolute Gasteiger partial charge is 0.0575 e. The highest BCUT2D eigenvalue weighted by atomic mass is 16.5. The van der Waals surface area contributed by atoms with Gasteiger partial charge in [-0.1, -0.05) is 38.5 Å². The first-order valence-corrected chi connectivity index (χ1v) is 7.19. The molecular weight excluding hydrogens is 198 g/mol. The van der Waals surface area contributed by atoms with Crippen LogP contribution in [-0.2, 0) is 4.74 Å². The molecule has 0 spiro atoms. The third-order valence-electron chi connectivity index (χ3n) is 3.48. The largest absolute Gasteiger partial charge is 0.378 e. The van der Waals surface area contributed by atoms with Gasteiger partial charge in [-0.25, -0.2) is 0 Å². The molecule has 0 radical (unpaired) electrons. The molecule has 0 bridgehead atoms. The van der Waals surface area contributed by atoms with Crippen LogP contribution in [0.2, 0.25) is 0 Å². The standard InChI is InChI=1S/C14H29NO/c1-15-12-8-4-5-9-13-16-14-10-6-2-3-7-11-14/h14-15H,2-13H2,1H3. The van der Waals surface area contributed by atoms with Gasteiger partial charge in [-0.3, -0.25) is 0 Å². The molecule has 0 unspecified atom stereocenters. The molecule has 1 aliphatic carbocycles. The lowest BCUT2D eigenvalue weighted by Gasteiger charge is -2.15. The Balaban J connectivity index is 1.86. The first kappa shape index (κ1) is 14.0. The minimum Gasteiger partial charge on any atom is -0.378 e. The first-order valence-electron chi connectivity index (χ1n) is 7.19. The van der Waals surface area contributed by atoms with Gasteiger partial charge in [-0.2, -0.15) is 0 Å². The number of hydrogen-bond acceptors (Lipinski definition) is 2. The first-order chi connectivity index (χ1) is 7.93. The minimum absolute atomic E-state index is 0.583. The van der Waals surface area contributed by atoms with Gasteiger partial charge in [0.15, 0.2) is 0 Å². The van der Waals surface area contributed by atoms with Crippen LogP contribution in [-0.4, -0.2) is 26.3 Å². The van der Waals surface area contributed by atoms with E-state index < -0.39 is 0 Å². The van der Waals surface area contributed by atoms with Crippen molar-refractivity contribution in [2.24, 2.45) is 0 Å². The molecule has 0 aromatic heterocycles. The van der Waals surface area contributed by atoms with Gasteiger partial charge in [0.05, 0.1) is 6.10 Å². The Morgan fingerprint density at radius 1 is 0.938 bits per heavy atom. The number of unbranched alkanes of at least 4 members (excludes halogenated alkanes) is 3. The van der Waals surface area contributed by atoms with E-state index in [2.05, 4.69) is 5.32 Å². The lowest BCUT2D eigenvalue weighted by Crippen LogP contribution is -2.12. The SMILES string of the molecule is CNCCCCCCOC1CCCCCC1. The summed E-state index contributed by atoms with van der Waals surface area (Å²) < 4.78 is 5.95. The summed E-state index contributed by atoms with van der Waals surface area (Å²) in [6.45, 7) is 2.15. The molecule has 0 amide bonds. The van der Waals surface area contributed by atoms with E-state index in [0.29, 0.717) is 6.10 Å². The Bertz CT molecular complexity index is 142. The van der Waals surface area contributed by atoms with Crippen LogP contribution >= 0.6 is 0 Å². The van der Waals surface area contributed by atoms with Crippen LogP contribution in [0, 0.1) is 0 Å². The third kappa shape index (κ3) is 7.24. The van der Waals surface area contributed by atoms with Crippen molar-refractivity contribution < 1.29 is 4.74 Å². The maximum atomic E-state index is 5.95. The summed E-state index contributed by atoms with van der Waals surface area (Å²) in [5, 5.41) is 3.19. The third-order valence-corrected chi connectivity index (χ3v) is 3.48. The summed E-state index contributed by atoms with van der Waals surface area (Å²) in [5.74, 6) is 0. The zero-order valence-corrected chi connectivity index (χ0v) is 11.0. The topological polar surface area (TPSA) is 21.3 Å². The molecule has 2 heteroatoms. The van der Waals surface area contributed by atoms with Gasteiger partial charge in [0, 0.05) is 6.61 Å². The lowest BCUT2D eigenvalue weighted by atomic mass is 10.1. The molecule has 1 saturated carbocycles. The summed E-state index contributed by atoms with van der Waals surface area (Å²) in [4.78, 5) is 0. The van der Waals surface area contributed by atoms with E-state index in [1.54, 1.807) is 0 Å². The van der Waals surface area contributed by atoms with Crippen LogP contribution < -0.4 is 5.32 Å². The molecule has 0 aliphatic heterocycles. The fourth-order valence-electron chi connectivity index (χ4n) is 2.42. The van der Waals surface area contributed by atoms with Crippen molar-refractivity contribution in [2.45, 2.75) is 70.3 Å². The summed E-state index contributed by atoms with van der Waals surface area (Å²) >= 11 is 0. The van der Waals surface area contributed by atoms with Crippen LogP contribution in [0.25, 0.3) is 0 Å². The predicted octanol–water partition coefficient (Wildman–Crippen LogP) is 3.51.